The maximum atomic E-state index is 13.2. The Kier molecular flexibility index (Phi) is 6.65. The molecule has 0 radical (unpaired) electrons. The van der Waals surface area contributed by atoms with Crippen LogP contribution in [0, 0.1) is 0 Å². The molecular formula is C15H22NO5P. The van der Waals surface area contributed by atoms with Gasteiger partial charge in [-0.25, -0.2) is 9.36 Å². The zero-order valence-corrected chi connectivity index (χ0v) is 14.4. The highest BCUT2D eigenvalue weighted by molar-refractivity contribution is 7.62. The summed E-state index contributed by atoms with van der Waals surface area (Å²) >= 11 is 0. The van der Waals surface area contributed by atoms with Crippen LogP contribution in [0.25, 0.3) is 0 Å². The van der Waals surface area contributed by atoms with E-state index in [4.69, 9.17) is 9.05 Å². The highest BCUT2D eigenvalue weighted by Crippen LogP contribution is 2.50. The molecule has 1 aromatic carbocycles. The molecule has 1 unspecified atom stereocenters. The molecule has 0 aliphatic carbocycles. The second-order valence-electron chi connectivity index (χ2n) is 4.67. The molecule has 0 spiro atoms. The van der Waals surface area contributed by atoms with Crippen molar-refractivity contribution in [3.8, 4) is 0 Å². The fraction of sp³-hybridized carbons (Fsp3) is 0.400. The number of methoxy groups -OCH3 is 1. The number of carbonyl (C=O) groups excluding carboxylic acids is 1. The first-order chi connectivity index (χ1) is 10.3. The highest BCUT2D eigenvalue weighted by Gasteiger charge is 2.32. The van der Waals surface area contributed by atoms with Crippen molar-refractivity contribution in [3.05, 3.63) is 36.1 Å². The normalized spacial score (nSPS) is 14.1. The van der Waals surface area contributed by atoms with E-state index >= 15 is 0 Å². The van der Waals surface area contributed by atoms with Crippen LogP contribution in [0.5, 0.6) is 0 Å². The molecule has 0 aromatic heterocycles. The van der Waals surface area contributed by atoms with Crippen molar-refractivity contribution >= 4 is 24.6 Å². The molecule has 0 N–H and O–H groups in total. The quantitative estimate of drug-likeness (QED) is 0.332. The first-order valence-electron chi connectivity index (χ1n) is 6.81. The number of allylic oxidation sites excluding steroid dienone is 1. The molecule has 7 heteroatoms. The molecule has 122 valence electrons. The minimum absolute atomic E-state index is 0.164. The number of para-hydroxylation sites is 1. The van der Waals surface area contributed by atoms with Gasteiger partial charge in [0.1, 0.15) is 5.76 Å². The SMILES string of the molecule is CCOP(=O)(O/C(C)=C/C(=O)OC)c1ccccc1N(C)C. The predicted molar refractivity (Wildman–Crippen MR) is 86.5 cm³/mol. The van der Waals surface area contributed by atoms with Crippen LogP contribution in [0.3, 0.4) is 0 Å². The van der Waals surface area contributed by atoms with Crippen molar-refractivity contribution in [1.29, 1.82) is 0 Å². The van der Waals surface area contributed by atoms with Crippen molar-refractivity contribution in [3.63, 3.8) is 0 Å². The average Bonchev–Trinajstić information content (AvgIpc) is 2.47. The summed E-state index contributed by atoms with van der Waals surface area (Å²) in [6.45, 7) is 3.47. The number of benzene rings is 1. The molecule has 0 fully saturated rings. The number of rotatable bonds is 7. The molecule has 0 heterocycles. The van der Waals surface area contributed by atoms with Crippen molar-refractivity contribution in [1.82, 2.24) is 0 Å². The maximum Gasteiger partial charge on any atom is 0.412 e. The summed E-state index contributed by atoms with van der Waals surface area (Å²) in [6, 6.07) is 7.11. The summed E-state index contributed by atoms with van der Waals surface area (Å²) in [5.74, 6) is -0.418. The zero-order chi connectivity index (χ0) is 16.8. The van der Waals surface area contributed by atoms with Gasteiger partial charge in [-0.1, -0.05) is 12.1 Å². The molecular weight excluding hydrogens is 305 g/mol. The second-order valence-corrected chi connectivity index (χ2v) is 6.59. The summed E-state index contributed by atoms with van der Waals surface area (Å²) < 4.78 is 28.6. The van der Waals surface area contributed by atoms with Crippen LogP contribution in [0.15, 0.2) is 36.1 Å². The third-order valence-electron chi connectivity index (χ3n) is 2.74. The Morgan fingerprint density at radius 1 is 1.32 bits per heavy atom. The topological polar surface area (TPSA) is 65.1 Å². The molecule has 0 aliphatic rings. The summed E-state index contributed by atoms with van der Waals surface area (Å²) in [5.41, 5.74) is 0.727. The number of hydrogen-bond donors (Lipinski definition) is 0. The van der Waals surface area contributed by atoms with Crippen LogP contribution in [0.2, 0.25) is 0 Å². The van der Waals surface area contributed by atoms with Gasteiger partial charge in [-0.05, 0) is 26.0 Å². The summed E-state index contributed by atoms with van der Waals surface area (Å²) in [4.78, 5) is 13.1. The lowest BCUT2D eigenvalue weighted by atomic mass is 10.3. The Hall–Kier alpha value is -1.78. The van der Waals surface area contributed by atoms with Gasteiger partial charge in [0, 0.05) is 14.1 Å². The highest BCUT2D eigenvalue weighted by atomic mass is 31.2. The molecule has 1 aromatic rings. The summed E-state index contributed by atoms with van der Waals surface area (Å²) in [7, 11) is 1.33. The van der Waals surface area contributed by atoms with Crippen LogP contribution in [0.1, 0.15) is 13.8 Å². The van der Waals surface area contributed by atoms with Crippen molar-refractivity contribution < 1.29 is 23.1 Å². The summed E-state index contributed by atoms with van der Waals surface area (Å²) in [6.07, 6.45) is 1.13. The van der Waals surface area contributed by atoms with Gasteiger partial charge in [0.15, 0.2) is 0 Å². The zero-order valence-electron chi connectivity index (χ0n) is 13.5. The van der Waals surface area contributed by atoms with E-state index in [1.165, 1.54) is 14.0 Å². The smallest absolute Gasteiger partial charge is 0.412 e. The molecule has 1 rings (SSSR count). The number of esters is 1. The second kappa shape index (κ2) is 8.01. The van der Waals surface area contributed by atoms with Crippen molar-refractivity contribution in [2.24, 2.45) is 0 Å². The maximum absolute atomic E-state index is 13.2. The lowest BCUT2D eigenvalue weighted by Crippen LogP contribution is -2.21. The van der Waals surface area contributed by atoms with Gasteiger partial charge in [0.25, 0.3) is 0 Å². The van der Waals surface area contributed by atoms with Crippen LogP contribution >= 0.6 is 7.60 Å². The number of nitrogens with zero attached hydrogens (tertiary/aromatic N) is 1. The van der Waals surface area contributed by atoms with E-state index in [0.717, 1.165) is 11.8 Å². The number of carbonyl (C=O) groups is 1. The Morgan fingerprint density at radius 3 is 2.50 bits per heavy atom. The molecule has 0 bridgehead atoms. The minimum atomic E-state index is -3.60. The van der Waals surface area contributed by atoms with Gasteiger partial charge in [-0.2, -0.15) is 0 Å². The van der Waals surface area contributed by atoms with Gasteiger partial charge in [0.05, 0.1) is 30.8 Å². The number of anilines is 1. The van der Waals surface area contributed by atoms with E-state index < -0.39 is 13.6 Å². The molecule has 22 heavy (non-hydrogen) atoms. The van der Waals surface area contributed by atoms with E-state index in [1.807, 2.05) is 31.1 Å². The fourth-order valence-electron chi connectivity index (χ4n) is 1.83. The monoisotopic (exact) mass is 327 g/mol. The Balaban J connectivity index is 3.25. The average molecular weight is 327 g/mol. The standard InChI is InChI=1S/C15H22NO5P/c1-6-20-22(18,21-12(2)11-15(17)19-5)14-10-8-7-9-13(14)16(3)4/h7-11H,6H2,1-5H3/b12-11+. The lowest BCUT2D eigenvalue weighted by molar-refractivity contribution is -0.135. The Labute approximate surface area is 131 Å². The molecule has 0 aliphatic heterocycles. The predicted octanol–water partition coefficient (Wildman–Crippen LogP) is 2.70. The van der Waals surface area contributed by atoms with E-state index in [0.29, 0.717) is 5.30 Å². The Morgan fingerprint density at radius 2 is 1.95 bits per heavy atom. The van der Waals surface area contributed by atoms with Crippen molar-refractivity contribution in [2.75, 3.05) is 32.7 Å². The van der Waals surface area contributed by atoms with Gasteiger partial charge in [0.2, 0.25) is 0 Å². The van der Waals surface area contributed by atoms with Crippen molar-refractivity contribution in [2.45, 2.75) is 13.8 Å². The third-order valence-corrected chi connectivity index (χ3v) is 4.84. The first kappa shape index (κ1) is 18.3. The molecule has 0 saturated carbocycles. The van der Waals surface area contributed by atoms with Crippen LogP contribution in [-0.4, -0.2) is 33.8 Å². The third kappa shape index (κ3) is 4.61. The Bertz CT molecular complexity index is 597. The lowest BCUT2D eigenvalue weighted by Gasteiger charge is -2.24. The van der Waals surface area contributed by atoms with E-state index in [1.54, 1.807) is 19.1 Å². The molecule has 6 nitrogen and oxygen atoms in total. The van der Waals surface area contributed by atoms with Crippen LogP contribution in [0.4, 0.5) is 5.69 Å². The van der Waals surface area contributed by atoms with Gasteiger partial charge >= 0.3 is 13.6 Å². The molecule has 0 saturated heterocycles. The largest absolute Gasteiger partial charge is 0.466 e. The van der Waals surface area contributed by atoms with Crippen LogP contribution < -0.4 is 10.2 Å². The first-order valence-corrected chi connectivity index (χ1v) is 8.35. The summed E-state index contributed by atoms with van der Waals surface area (Å²) in [5, 5.41) is 0.444. The number of ether oxygens (including phenoxy) is 1. The molecule has 1 atom stereocenters. The van der Waals surface area contributed by atoms with Gasteiger partial charge in [-0.3, -0.25) is 4.52 Å². The van der Waals surface area contributed by atoms with Crippen LogP contribution in [-0.2, 0) is 23.1 Å². The molecule has 0 amide bonds. The van der Waals surface area contributed by atoms with E-state index in [9.17, 15) is 9.36 Å². The van der Waals surface area contributed by atoms with E-state index in [-0.39, 0.29) is 12.4 Å². The fourth-order valence-corrected chi connectivity index (χ4v) is 3.72. The van der Waals surface area contributed by atoms with E-state index in [2.05, 4.69) is 4.74 Å². The minimum Gasteiger partial charge on any atom is -0.466 e. The number of hydrogen-bond acceptors (Lipinski definition) is 6. The van der Waals surface area contributed by atoms with Gasteiger partial charge in [-0.15, -0.1) is 0 Å². The van der Waals surface area contributed by atoms with Gasteiger partial charge < -0.3 is 14.2 Å².